The third kappa shape index (κ3) is 4.24. The highest BCUT2D eigenvalue weighted by Crippen LogP contribution is 2.22. The molecule has 3 aromatic rings. The molecule has 3 aromatic heterocycles. The number of hydrogen-bond acceptors (Lipinski definition) is 7. The third-order valence-corrected chi connectivity index (χ3v) is 4.07. The van der Waals surface area contributed by atoms with Crippen molar-refractivity contribution in [2.45, 2.75) is 13.5 Å². The average molecular weight is 343 g/mol. The molecule has 7 nitrogen and oxygen atoms in total. The molecule has 0 aliphatic rings. The van der Waals surface area contributed by atoms with E-state index < -0.39 is 0 Å². The Labute approximate surface area is 143 Å². The monoisotopic (exact) mass is 343 g/mol. The normalized spacial score (nSPS) is 11.0. The lowest BCUT2D eigenvalue weighted by Crippen LogP contribution is -2.30. The van der Waals surface area contributed by atoms with Crippen LogP contribution >= 0.6 is 11.3 Å². The van der Waals surface area contributed by atoms with Crippen LogP contribution in [0.1, 0.15) is 11.4 Å². The molecule has 0 saturated carbocycles. The molecule has 1 amide bonds. The van der Waals surface area contributed by atoms with Crippen LogP contribution < -0.4 is 5.32 Å². The van der Waals surface area contributed by atoms with Gasteiger partial charge in [-0.15, -0.1) is 11.3 Å². The molecule has 24 heavy (non-hydrogen) atoms. The van der Waals surface area contributed by atoms with Crippen molar-refractivity contribution in [2.75, 3.05) is 18.9 Å². The van der Waals surface area contributed by atoms with E-state index in [4.69, 9.17) is 4.52 Å². The van der Waals surface area contributed by atoms with Crippen LogP contribution in [0.4, 0.5) is 5.82 Å². The largest absolute Gasteiger partial charge is 0.333 e. The number of pyridine rings is 1. The number of rotatable bonds is 6. The van der Waals surface area contributed by atoms with Crippen LogP contribution in [-0.4, -0.2) is 39.5 Å². The highest BCUT2D eigenvalue weighted by Gasteiger charge is 2.13. The zero-order valence-corrected chi connectivity index (χ0v) is 14.2. The van der Waals surface area contributed by atoms with Crippen LogP contribution in [0, 0.1) is 6.92 Å². The lowest BCUT2D eigenvalue weighted by Gasteiger charge is -2.13. The Morgan fingerprint density at radius 2 is 2.29 bits per heavy atom. The molecule has 0 spiro atoms. The molecule has 0 fully saturated rings. The summed E-state index contributed by atoms with van der Waals surface area (Å²) in [6, 6.07) is 7.56. The highest BCUT2D eigenvalue weighted by molar-refractivity contribution is 7.13. The number of carbonyl (C=O) groups excluding carboxylic acids is 1. The summed E-state index contributed by atoms with van der Waals surface area (Å²) in [6.45, 7) is 2.58. The van der Waals surface area contributed by atoms with E-state index in [1.807, 2.05) is 48.5 Å². The predicted molar refractivity (Wildman–Crippen MR) is 91.5 cm³/mol. The molecular weight excluding hydrogens is 326 g/mol. The highest BCUT2D eigenvalue weighted by atomic mass is 32.1. The Balaban J connectivity index is 1.53. The molecule has 0 aromatic carbocycles. The van der Waals surface area contributed by atoms with Crippen molar-refractivity contribution < 1.29 is 9.32 Å². The molecule has 124 valence electrons. The second kappa shape index (κ2) is 7.33. The molecule has 3 heterocycles. The smallest absolute Gasteiger partial charge is 0.268 e. The van der Waals surface area contributed by atoms with Crippen LogP contribution in [0.25, 0.3) is 10.8 Å². The number of likely N-dealkylation sites (N-methyl/N-ethyl adjacent to an activating group) is 1. The van der Waals surface area contributed by atoms with Gasteiger partial charge >= 0.3 is 0 Å². The van der Waals surface area contributed by atoms with Crippen molar-refractivity contribution in [3.05, 3.63) is 47.2 Å². The first-order valence-corrected chi connectivity index (χ1v) is 8.25. The average Bonchev–Trinajstić information content (AvgIpc) is 3.17. The van der Waals surface area contributed by atoms with Gasteiger partial charge in [-0.2, -0.15) is 4.98 Å². The molecule has 3 rings (SSSR count). The maximum Gasteiger partial charge on any atom is 0.268 e. The second-order valence-corrected chi connectivity index (χ2v) is 6.38. The Bertz CT molecular complexity index is 816. The van der Waals surface area contributed by atoms with E-state index in [-0.39, 0.29) is 12.5 Å². The van der Waals surface area contributed by atoms with Crippen molar-refractivity contribution in [2.24, 2.45) is 0 Å². The predicted octanol–water partition coefficient (Wildman–Crippen LogP) is 2.57. The lowest BCUT2D eigenvalue weighted by molar-refractivity contribution is -0.117. The van der Waals surface area contributed by atoms with E-state index in [1.165, 1.54) is 0 Å². The summed E-state index contributed by atoms with van der Waals surface area (Å²) < 4.78 is 5.24. The Kier molecular flexibility index (Phi) is 4.97. The summed E-state index contributed by atoms with van der Waals surface area (Å²) in [7, 11) is 1.82. The Morgan fingerprint density at radius 1 is 1.42 bits per heavy atom. The van der Waals surface area contributed by atoms with Gasteiger partial charge in [0.25, 0.3) is 5.89 Å². The fourth-order valence-electron chi connectivity index (χ4n) is 2.15. The number of nitrogens with zero attached hydrogens (tertiary/aromatic N) is 4. The molecule has 0 aliphatic heterocycles. The number of thiophene rings is 1. The lowest BCUT2D eigenvalue weighted by atomic mass is 10.3. The first-order valence-electron chi connectivity index (χ1n) is 7.37. The number of aryl methyl sites for hydroxylation is 1. The number of aromatic nitrogens is 3. The number of carbonyl (C=O) groups is 1. The fourth-order valence-corrected chi connectivity index (χ4v) is 2.79. The number of nitrogens with one attached hydrogen (secondary N) is 1. The molecule has 0 radical (unpaired) electrons. The van der Waals surface area contributed by atoms with Gasteiger partial charge in [0.1, 0.15) is 5.82 Å². The van der Waals surface area contributed by atoms with E-state index in [0.29, 0.717) is 24.1 Å². The topological polar surface area (TPSA) is 84.2 Å². The molecule has 0 aliphatic carbocycles. The molecular formula is C16H17N5O2S. The maximum absolute atomic E-state index is 12.1. The molecule has 0 bridgehead atoms. The van der Waals surface area contributed by atoms with E-state index in [2.05, 4.69) is 20.4 Å². The van der Waals surface area contributed by atoms with E-state index in [9.17, 15) is 4.79 Å². The van der Waals surface area contributed by atoms with Gasteiger partial charge in [0.2, 0.25) is 5.91 Å². The minimum Gasteiger partial charge on any atom is -0.333 e. The number of hydrogen-bond donors (Lipinski definition) is 1. The fraction of sp³-hybridized carbons (Fsp3) is 0.250. The Morgan fingerprint density at radius 3 is 3.04 bits per heavy atom. The third-order valence-electron chi connectivity index (χ3n) is 3.21. The molecule has 1 N–H and O–H groups in total. The van der Waals surface area contributed by atoms with Crippen LogP contribution in [-0.2, 0) is 11.3 Å². The quantitative estimate of drug-likeness (QED) is 0.740. The molecule has 0 saturated heterocycles. The van der Waals surface area contributed by atoms with Crippen molar-refractivity contribution in [1.82, 2.24) is 20.0 Å². The molecule has 0 unspecified atom stereocenters. The number of anilines is 1. The van der Waals surface area contributed by atoms with E-state index >= 15 is 0 Å². The minimum atomic E-state index is -0.141. The van der Waals surface area contributed by atoms with Gasteiger partial charge in [-0.1, -0.05) is 11.2 Å². The Hall–Kier alpha value is -2.58. The standard InChI is InChI=1S/C16H17N5O2S/c1-11-5-6-17-13(8-11)18-15(22)10-21(2)9-14-19-16(23-20-14)12-4-3-7-24-12/h3-8H,9-10H2,1-2H3,(H,17,18,22). The van der Waals surface area contributed by atoms with Gasteiger partial charge in [-0.05, 0) is 43.1 Å². The zero-order chi connectivity index (χ0) is 16.9. The van der Waals surface area contributed by atoms with Crippen LogP contribution in [0.5, 0.6) is 0 Å². The van der Waals surface area contributed by atoms with Gasteiger partial charge < -0.3 is 9.84 Å². The summed E-state index contributed by atoms with van der Waals surface area (Å²) in [4.78, 5) is 23.3. The first kappa shape index (κ1) is 16.3. The molecule has 0 atom stereocenters. The van der Waals surface area contributed by atoms with Crippen molar-refractivity contribution in [3.8, 4) is 10.8 Å². The van der Waals surface area contributed by atoms with Crippen LogP contribution in [0.3, 0.4) is 0 Å². The second-order valence-electron chi connectivity index (χ2n) is 5.43. The summed E-state index contributed by atoms with van der Waals surface area (Å²) in [5, 5.41) is 8.68. The van der Waals surface area contributed by atoms with Gasteiger partial charge in [0.05, 0.1) is 18.0 Å². The first-order chi connectivity index (χ1) is 11.6. The minimum absolute atomic E-state index is 0.141. The van der Waals surface area contributed by atoms with Crippen molar-refractivity contribution in [3.63, 3.8) is 0 Å². The van der Waals surface area contributed by atoms with Gasteiger partial charge in [0.15, 0.2) is 5.82 Å². The maximum atomic E-state index is 12.1. The summed E-state index contributed by atoms with van der Waals surface area (Å²) in [5.74, 6) is 1.45. The molecule has 8 heteroatoms. The van der Waals surface area contributed by atoms with E-state index in [0.717, 1.165) is 10.4 Å². The van der Waals surface area contributed by atoms with Gasteiger partial charge in [-0.25, -0.2) is 4.98 Å². The number of amides is 1. The summed E-state index contributed by atoms with van der Waals surface area (Å²) in [6.07, 6.45) is 1.67. The summed E-state index contributed by atoms with van der Waals surface area (Å²) >= 11 is 1.54. The van der Waals surface area contributed by atoms with Crippen LogP contribution in [0.2, 0.25) is 0 Å². The van der Waals surface area contributed by atoms with Gasteiger partial charge in [0, 0.05) is 6.20 Å². The van der Waals surface area contributed by atoms with E-state index in [1.54, 1.807) is 17.5 Å². The summed E-state index contributed by atoms with van der Waals surface area (Å²) in [5.41, 5.74) is 1.04. The van der Waals surface area contributed by atoms with Crippen LogP contribution in [0.15, 0.2) is 40.4 Å². The van der Waals surface area contributed by atoms with Crippen molar-refractivity contribution in [1.29, 1.82) is 0 Å². The SMILES string of the molecule is Cc1ccnc(NC(=O)CN(C)Cc2noc(-c3cccs3)n2)c1. The van der Waals surface area contributed by atoms with Crippen molar-refractivity contribution >= 4 is 23.1 Å². The zero-order valence-electron chi connectivity index (χ0n) is 13.4. The van der Waals surface area contributed by atoms with Gasteiger partial charge in [-0.3, -0.25) is 9.69 Å².